The molecule has 10 heteroatoms. The molecule has 3 N–H and O–H groups in total. The molecule has 0 radical (unpaired) electrons. The summed E-state index contributed by atoms with van der Waals surface area (Å²) in [5.74, 6) is -0.642. The van der Waals surface area contributed by atoms with Crippen LogP contribution in [0.5, 0.6) is 5.88 Å². The van der Waals surface area contributed by atoms with Gasteiger partial charge in [0.25, 0.3) is 0 Å². The summed E-state index contributed by atoms with van der Waals surface area (Å²) in [6.45, 7) is 3.00. The number of nitrogens with one attached hydrogen (secondary N) is 2. The van der Waals surface area contributed by atoms with Gasteiger partial charge in [-0.3, -0.25) is 10.1 Å². The minimum Gasteiger partial charge on any atom is -0.494 e. The fraction of sp³-hybridized carbons (Fsp3) is 0.233. The normalized spacial score (nSPS) is 11.6. The van der Waals surface area contributed by atoms with Gasteiger partial charge in [-0.1, -0.05) is 12.1 Å². The van der Waals surface area contributed by atoms with E-state index < -0.39 is 11.9 Å². The summed E-state index contributed by atoms with van der Waals surface area (Å²) in [5.41, 5.74) is 3.77. The van der Waals surface area contributed by atoms with E-state index in [9.17, 15) is 19.1 Å². The fourth-order valence-corrected chi connectivity index (χ4v) is 4.39. The van der Waals surface area contributed by atoms with Gasteiger partial charge in [0.15, 0.2) is 5.88 Å². The first kappa shape index (κ1) is 28.3. The summed E-state index contributed by atoms with van der Waals surface area (Å²) < 4.78 is 18.5. The van der Waals surface area contributed by atoms with Crippen LogP contribution in [-0.2, 0) is 9.53 Å². The van der Waals surface area contributed by atoms with Gasteiger partial charge < -0.3 is 24.6 Å². The number of carbonyl (C=O) groups is 2. The van der Waals surface area contributed by atoms with Crippen molar-refractivity contribution in [1.29, 1.82) is 0 Å². The number of fused-ring (bicyclic) bond motifs is 1. The summed E-state index contributed by atoms with van der Waals surface area (Å²) in [6.07, 6.45) is 0.233. The monoisotopic (exact) mass is 545 g/mol. The largest absolute Gasteiger partial charge is 0.494 e. The van der Waals surface area contributed by atoms with E-state index in [-0.39, 0.29) is 11.8 Å². The number of halogens is 1. The van der Waals surface area contributed by atoms with Crippen LogP contribution >= 0.6 is 0 Å². The van der Waals surface area contributed by atoms with E-state index in [4.69, 9.17) is 4.99 Å². The number of methoxy groups -OCH3 is 1. The molecule has 9 nitrogen and oxygen atoms in total. The molecule has 0 aliphatic heterocycles. The minimum atomic E-state index is -0.598. The van der Waals surface area contributed by atoms with Crippen molar-refractivity contribution in [2.24, 2.45) is 4.99 Å². The van der Waals surface area contributed by atoms with Gasteiger partial charge in [-0.15, -0.1) is 0 Å². The average molecular weight is 546 g/mol. The van der Waals surface area contributed by atoms with Gasteiger partial charge >= 0.3 is 6.09 Å². The molecule has 0 bridgehead atoms. The molecule has 0 saturated heterocycles. The number of rotatable bonds is 9. The Kier molecular flexibility index (Phi) is 8.80. The van der Waals surface area contributed by atoms with E-state index in [1.54, 1.807) is 54.3 Å². The summed E-state index contributed by atoms with van der Waals surface area (Å²) in [4.78, 5) is 35.4. The maximum Gasteiger partial charge on any atom is 0.411 e. The van der Waals surface area contributed by atoms with E-state index in [1.807, 2.05) is 26.2 Å². The minimum absolute atomic E-state index is 0.0488. The molecule has 3 aromatic carbocycles. The van der Waals surface area contributed by atoms with E-state index >= 15 is 0 Å². The predicted octanol–water partition coefficient (Wildman–Crippen LogP) is 5.66. The number of amides is 2. The molecule has 4 rings (SSSR count). The Morgan fingerprint density at radius 2 is 1.73 bits per heavy atom. The Bertz CT molecular complexity index is 1530. The Balaban J connectivity index is 1.74. The number of aliphatic imine (C=N–C) groups is 1. The molecule has 208 valence electrons. The fourth-order valence-electron chi connectivity index (χ4n) is 4.39. The maximum atomic E-state index is 13.9. The first-order valence-electron chi connectivity index (χ1n) is 12.7. The Morgan fingerprint density at radius 1 is 1.02 bits per heavy atom. The highest BCUT2D eigenvalue weighted by molar-refractivity contribution is 6.22. The van der Waals surface area contributed by atoms with Crippen molar-refractivity contribution in [3.05, 3.63) is 83.7 Å². The maximum absolute atomic E-state index is 13.9. The SMILES string of the molecule is COC(=O)Nc1ccc(C(=Nc2ccc(N(CCCN(C)C)C(C)=O)cc2)c2c(O)[nH]c3cc(F)ccc23)cc1. The van der Waals surface area contributed by atoms with Gasteiger partial charge in [-0.2, -0.15) is 0 Å². The molecule has 1 aromatic heterocycles. The van der Waals surface area contributed by atoms with Crippen molar-refractivity contribution in [3.63, 3.8) is 0 Å². The summed E-state index contributed by atoms with van der Waals surface area (Å²) in [6, 6.07) is 18.4. The number of aromatic hydroxyl groups is 1. The lowest BCUT2D eigenvalue weighted by atomic mass is 10.0. The zero-order chi connectivity index (χ0) is 28.8. The zero-order valence-corrected chi connectivity index (χ0v) is 22.9. The highest BCUT2D eigenvalue weighted by Crippen LogP contribution is 2.32. The van der Waals surface area contributed by atoms with Crippen molar-refractivity contribution in [2.75, 3.05) is 44.5 Å². The molecule has 0 unspecified atom stereocenters. The number of hydrogen-bond donors (Lipinski definition) is 3. The third kappa shape index (κ3) is 6.65. The summed E-state index contributed by atoms with van der Waals surface area (Å²) in [5, 5.41) is 14.1. The number of benzene rings is 3. The molecular formula is C30H32FN5O4. The van der Waals surface area contributed by atoms with Gasteiger partial charge in [0, 0.05) is 35.8 Å². The first-order valence-corrected chi connectivity index (χ1v) is 12.7. The van der Waals surface area contributed by atoms with Crippen LogP contribution < -0.4 is 10.2 Å². The number of anilines is 2. The molecule has 4 aromatic rings. The zero-order valence-electron chi connectivity index (χ0n) is 22.9. The number of carbonyl (C=O) groups excluding carboxylic acids is 2. The van der Waals surface area contributed by atoms with Crippen molar-refractivity contribution >= 4 is 45.7 Å². The van der Waals surface area contributed by atoms with E-state index in [0.29, 0.717) is 45.7 Å². The molecule has 1 heterocycles. The van der Waals surface area contributed by atoms with Crippen LogP contribution in [0.15, 0.2) is 71.7 Å². The quantitative estimate of drug-likeness (QED) is 0.235. The van der Waals surface area contributed by atoms with E-state index in [0.717, 1.165) is 18.7 Å². The third-order valence-electron chi connectivity index (χ3n) is 6.34. The number of aromatic amines is 1. The standard InChI is InChI=1S/C30H32FN5O4/c1-19(37)36(17-5-16-35(2)3)24-13-11-22(12-14-24)32-28(20-6-9-23(10-7-20)33-30(39)40-4)27-25-15-8-21(31)18-26(25)34-29(27)38/h6-15,18,34,38H,5,16-17H2,1-4H3,(H,33,39). The topological polar surface area (TPSA) is 110 Å². The van der Waals surface area contributed by atoms with Gasteiger partial charge in [-0.25, -0.2) is 14.2 Å². The van der Waals surface area contributed by atoms with Crippen LogP contribution in [-0.4, -0.2) is 67.0 Å². The lowest BCUT2D eigenvalue weighted by Crippen LogP contribution is -2.31. The highest BCUT2D eigenvalue weighted by atomic mass is 19.1. The molecule has 0 fully saturated rings. The van der Waals surface area contributed by atoms with Crippen LogP contribution in [0.25, 0.3) is 10.9 Å². The molecule has 0 aliphatic carbocycles. The Labute approximate surface area is 231 Å². The van der Waals surface area contributed by atoms with E-state index in [1.165, 1.54) is 19.2 Å². The number of ether oxygens (including phenoxy) is 1. The van der Waals surface area contributed by atoms with Crippen LogP contribution in [0.2, 0.25) is 0 Å². The Morgan fingerprint density at radius 3 is 2.35 bits per heavy atom. The lowest BCUT2D eigenvalue weighted by Gasteiger charge is -2.22. The van der Waals surface area contributed by atoms with Crippen molar-refractivity contribution in [1.82, 2.24) is 9.88 Å². The number of nitrogens with zero attached hydrogens (tertiary/aromatic N) is 3. The Hall–Kier alpha value is -4.70. The second-order valence-electron chi connectivity index (χ2n) is 9.54. The molecule has 0 spiro atoms. The second-order valence-corrected chi connectivity index (χ2v) is 9.54. The van der Waals surface area contributed by atoms with Crippen LogP contribution in [0, 0.1) is 5.82 Å². The molecule has 0 atom stereocenters. The lowest BCUT2D eigenvalue weighted by molar-refractivity contribution is -0.116. The van der Waals surface area contributed by atoms with E-state index in [2.05, 4.69) is 19.9 Å². The average Bonchev–Trinajstić information content (AvgIpc) is 3.24. The highest BCUT2D eigenvalue weighted by Gasteiger charge is 2.20. The molecule has 40 heavy (non-hydrogen) atoms. The predicted molar refractivity (Wildman–Crippen MR) is 155 cm³/mol. The molecule has 0 saturated carbocycles. The third-order valence-corrected chi connectivity index (χ3v) is 6.34. The second kappa shape index (κ2) is 12.4. The number of H-pyrrole nitrogens is 1. The van der Waals surface area contributed by atoms with Gasteiger partial charge in [0.05, 0.1) is 29.6 Å². The first-order chi connectivity index (χ1) is 19.2. The number of aromatic nitrogens is 1. The van der Waals surface area contributed by atoms with Crippen molar-refractivity contribution < 1.29 is 23.8 Å². The van der Waals surface area contributed by atoms with Gasteiger partial charge in [0.1, 0.15) is 5.82 Å². The van der Waals surface area contributed by atoms with Crippen molar-refractivity contribution in [2.45, 2.75) is 13.3 Å². The van der Waals surface area contributed by atoms with Gasteiger partial charge in [-0.05, 0) is 81.7 Å². The number of hydrogen-bond acceptors (Lipinski definition) is 6. The van der Waals surface area contributed by atoms with Crippen LogP contribution in [0.3, 0.4) is 0 Å². The summed E-state index contributed by atoms with van der Waals surface area (Å²) in [7, 11) is 5.27. The van der Waals surface area contributed by atoms with Crippen LogP contribution in [0.1, 0.15) is 24.5 Å². The smallest absolute Gasteiger partial charge is 0.411 e. The summed E-state index contributed by atoms with van der Waals surface area (Å²) >= 11 is 0. The molecule has 2 amide bonds. The van der Waals surface area contributed by atoms with Crippen molar-refractivity contribution in [3.8, 4) is 5.88 Å². The molecular weight excluding hydrogens is 513 g/mol. The van der Waals surface area contributed by atoms with Gasteiger partial charge in [0.2, 0.25) is 5.91 Å². The van der Waals surface area contributed by atoms with Crippen LogP contribution in [0.4, 0.5) is 26.2 Å². The molecule has 0 aliphatic rings.